The molecule has 33 heteroatoms. The van der Waals surface area contributed by atoms with Crippen LogP contribution in [0.4, 0.5) is 22.4 Å². The number of allylic oxidation sites excluding steroid dienone is 1. The SMILES string of the molecule is C=CC(=O)Cl.CC1(C)OB(c2ccc(CBr)cc2)OC1(C)C.CC1(C)OB(c2ccc(COc3ccccc3F)cc2)OC1(C)C.Fc1ccccc1OCc1ccc(-c2nc([C@@H]3CCCN3)n3ccncc23)cc1.O=C(OCc1ccccc1)C1CCC[C@H]1c1nc(Br)c2cnccn12.O=C(OCc1ccccc1)N1CCC[C@H]1c1nc(-c2ccc(COc3ccccc3F)cc2)c2cnccn12.Oc1ccccc1F. The summed E-state index contributed by atoms with van der Waals surface area (Å²) in [6.07, 6.45) is 23.8. The molecule has 1 amide bonds. The van der Waals surface area contributed by atoms with E-state index >= 15 is 0 Å². The number of amides is 1. The molecule has 4 aliphatic heterocycles. The number of carbonyl (C=O) groups is 3. The molecule has 16 aromatic rings. The Morgan fingerprint density at radius 3 is 1.28 bits per heavy atom. The Bertz CT molecular complexity index is 7050. The standard InChI is InChI=1S/C31H27FN4O3.C23H21FN4O.C19H22BFO3.C19H18BrN3O2.C13H18BBrO2.C6H5FO.C3H3ClO/c32-25-9-4-5-11-28(25)38-20-23-12-14-24(15-13-23)29-27-19-33-16-18-35(27)30(34-29)26-10-6-17-36(26)31(37)39-21-22-7-2-1-3-8-22;24-18-4-1-2-6-21(18)29-15-16-7-9-17(10-8-16)22-20-14-25-12-13-28(20)23(27-22)19-5-3-11-26-19;1-18(2)19(3,4)24-20(23-18)15-11-9-14(10-12-15)13-22-17-8-6-5-7-16(17)21;20-17-16-11-21-9-10-23(16)18(22-17)14-7-4-8-15(14)19(24)25-12-13-5-2-1-3-6-13;1-12(2)13(3,4)17-14(16-12)11-7-5-10(9-15)6-8-11;7-5-3-1-2-4-6(5)8;1-2-3(4)5/h1-5,7-9,11-16,18-19,26H,6,10,17,20-21H2;1-2,4,6-10,12-14,19,26H,3,5,11,15H2;5-12H,13H2,1-4H3;1-3,5-6,9-11,14-15H,4,7-8,12H2;5-8H,9H2,1-4H3;1-4,8H;2H,1H2/t26-;19-;;14-,15?;;;/m00.1.../s1. The number of imidazole rings is 3. The fourth-order valence-corrected chi connectivity index (χ4v) is 17.8. The first-order valence-electron chi connectivity index (χ1n) is 48.5. The molecule has 4 atom stereocenters. The summed E-state index contributed by atoms with van der Waals surface area (Å²) in [4.78, 5) is 64.3. The first-order chi connectivity index (χ1) is 70.9. The van der Waals surface area contributed by atoms with Crippen molar-refractivity contribution in [2.24, 2.45) is 5.92 Å². The van der Waals surface area contributed by atoms with Crippen LogP contribution in [-0.4, -0.2) is 120 Å². The van der Waals surface area contributed by atoms with Crippen LogP contribution in [0.15, 0.2) is 328 Å². The van der Waals surface area contributed by atoms with Gasteiger partial charge in [0.25, 0.3) is 0 Å². The topological polar surface area (TPSA) is 260 Å². The lowest BCUT2D eigenvalue weighted by atomic mass is 9.79. The summed E-state index contributed by atoms with van der Waals surface area (Å²) in [7, 11) is -0.638. The number of hydrogen-bond donors (Lipinski definition) is 2. The number of carbonyl (C=O) groups excluding carboxylic acids is 3. The van der Waals surface area contributed by atoms with Crippen LogP contribution in [0.3, 0.4) is 0 Å². The van der Waals surface area contributed by atoms with Crippen molar-refractivity contribution >= 4 is 102 Å². The fourth-order valence-electron chi connectivity index (χ4n) is 17.0. The summed E-state index contributed by atoms with van der Waals surface area (Å²) in [5, 5.41) is 12.4. The van der Waals surface area contributed by atoms with Crippen LogP contribution in [0, 0.1) is 29.2 Å². The van der Waals surface area contributed by atoms with Crippen molar-refractivity contribution in [2.75, 3.05) is 13.1 Å². The molecule has 758 valence electrons. The summed E-state index contributed by atoms with van der Waals surface area (Å²) in [6, 6.07) is 76.3. The molecule has 1 saturated carbocycles. The molecular formula is C114H114B2Br2ClF4N11O13. The van der Waals surface area contributed by atoms with Crippen molar-refractivity contribution < 1.29 is 79.4 Å². The van der Waals surface area contributed by atoms with Crippen LogP contribution < -0.4 is 30.5 Å². The Morgan fingerprint density at radius 2 is 0.857 bits per heavy atom. The van der Waals surface area contributed by atoms with Crippen LogP contribution in [0.2, 0.25) is 0 Å². The second-order valence-corrected chi connectivity index (χ2v) is 39.2. The number of phenolic OH excluding ortho intramolecular Hbond substituents is 1. The molecule has 5 fully saturated rings. The Labute approximate surface area is 874 Å². The molecule has 10 aromatic carbocycles. The van der Waals surface area contributed by atoms with Gasteiger partial charge in [-0.05, 0) is 227 Å². The highest BCUT2D eigenvalue weighted by atomic mass is 79.9. The number of hydrogen-bond acceptors (Lipinski definition) is 20. The number of esters is 1. The van der Waals surface area contributed by atoms with Crippen LogP contribution in [0.25, 0.3) is 39.1 Å². The number of benzene rings is 10. The minimum Gasteiger partial charge on any atom is -0.505 e. The van der Waals surface area contributed by atoms with Crippen molar-refractivity contribution in [1.82, 2.24) is 53.3 Å². The van der Waals surface area contributed by atoms with Gasteiger partial charge in [0.1, 0.15) is 55.1 Å². The van der Waals surface area contributed by atoms with E-state index in [1.807, 2.05) is 195 Å². The molecule has 0 bridgehead atoms. The van der Waals surface area contributed by atoms with Gasteiger partial charge in [0.15, 0.2) is 46.3 Å². The predicted octanol–water partition coefficient (Wildman–Crippen LogP) is 24.3. The third kappa shape index (κ3) is 27.6. The highest BCUT2D eigenvalue weighted by Gasteiger charge is 2.53. The van der Waals surface area contributed by atoms with Crippen LogP contribution >= 0.6 is 43.5 Å². The number of alkyl halides is 1. The van der Waals surface area contributed by atoms with Gasteiger partial charge in [-0.3, -0.25) is 42.6 Å². The molecule has 0 radical (unpaired) electrons. The maximum atomic E-state index is 13.9. The van der Waals surface area contributed by atoms with E-state index in [9.17, 15) is 31.9 Å². The minimum absolute atomic E-state index is 0.0736. The number of nitrogens with zero attached hydrogens (tertiary/aromatic N) is 10. The summed E-state index contributed by atoms with van der Waals surface area (Å²) < 4.78 is 112. The maximum Gasteiger partial charge on any atom is 0.494 e. The molecule has 4 saturated heterocycles. The third-order valence-electron chi connectivity index (χ3n) is 26.4. The molecule has 6 aromatic heterocycles. The molecule has 24 nitrogen and oxygen atoms in total. The number of likely N-dealkylation sites (tertiary alicyclic amines) is 1. The number of ether oxygens (including phenoxy) is 5. The zero-order chi connectivity index (χ0) is 104. The average molecular weight is 2140 g/mol. The second-order valence-electron chi connectivity index (χ2n) is 37.5. The quantitative estimate of drug-likeness (QED) is 0.0151. The molecule has 1 unspecified atom stereocenters. The summed E-state index contributed by atoms with van der Waals surface area (Å²) in [6.45, 7) is 22.5. The minimum atomic E-state index is -0.576. The van der Waals surface area contributed by atoms with E-state index in [1.165, 1.54) is 42.0 Å². The van der Waals surface area contributed by atoms with Gasteiger partial charge in [0, 0.05) is 66.1 Å². The lowest BCUT2D eigenvalue weighted by molar-refractivity contribution is -0.150. The van der Waals surface area contributed by atoms with E-state index in [0.29, 0.717) is 26.4 Å². The number of halogens is 7. The highest BCUT2D eigenvalue weighted by Crippen LogP contribution is 2.44. The van der Waals surface area contributed by atoms with Gasteiger partial charge in [-0.25, -0.2) is 37.3 Å². The highest BCUT2D eigenvalue weighted by molar-refractivity contribution is 9.10. The Balaban J connectivity index is 0.000000136. The second kappa shape index (κ2) is 50.1. The third-order valence-corrected chi connectivity index (χ3v) is 27.8. The first-order valence-corrected chi connectivity index (χ1v) is 50.7. The number of nitrogens with one attached hydrogen (secondary N) is 1. The zero-order valence-corrected chi connectivity index (χ0v) is 86.7. The van der Waals surface area contributed by atoms with Crippen molar-refractivity contribution in [1.29, 1.82) is 0 Å². The average Bonchev–Trinajstić information content (AvgIpc) is 1.61. The Hall–Kier alpha value is -13.7. The van der Waals surface area contributed by atoms with Crippen molar-refractivity contribution in [3.05, 3.63) is 402 Å². The summed E-state index contributed by atoms with van der Waals surface area (Å²) in [5.41, 5.74) is 13.2. The van der Waals surface area contributed by atoms with E-state index < -0.39 is 11.1 Å². The zero-order valence-electron chi connectivity index (χ0n) is 82.8. The largest absolute Gasteiger partial charge is 0.505 e. The van der Waals surface area contributed by atoms with Gasteiger partial charge in [-0.1, -0.05) is 235 Å². The number of aromatic hydroxyl groups is 1. The van der Waals surface area contributed by atoms with Crippen molar-refractivity contribution in [2.45, 2.75) is 179 Å². The number of rotatable bonds is 23. The molecule has 21 rings (SSSR count). The lowest BCUT2D eigenvalue weighted by Gasteiger charge is -2.32. The van der Waals surface area contributed by atoms with Gasteiger partial charge < -0.3 is 52.7 Å². The van der Waals surface area contributed by atoms with E-state index in [0.717, 1.165) is 163 Å². The van der Waals surface area contributed by atoms with Gasteiger partial charge in [0.05, 0.1) is 86.9 Å². The number of phenols is 1. The normalized spacial score (nSPS) is 16.9. The maximum absolute atomic E-state index is 13.9. The molecule has 0 spiro atoms. The van der Waals surface area contributed by atoms with Gasteiger partial charge in [-0.15, -0.1) is 0 Å². The molecule has 2 N–H and O–H groups in total. The predicted molar refractivity (Wildman–Crippen MR) is 567 cm³/mol. The molecule has 10 heterocycles. The fraction of sp³-hybridized carbons (Fsp3) is 0.272. The van der Waals surface area contributed by atoms with Gasteiger partial charge in [-0.2, -0.15) is 0 Å². The molecule has 147 heavy (non-hydrogen) atoms. The summed E-state index contributed by atoms with van der Waals surface area (Å²) in [5.74, 6) is 1.29. The smallest absolute Gasteiger partial charge is 0.494 e. The molecule has 5 aliphatic rings. The van der Waals surface area contributed by atoms with Crippen molar-refractivity contribution in [3.63, 3.8) is 0 Å². The van der Waals surface area contributed by atoms with Crippen molar-refractivity contribution in [3.8, 4) is 45.5 Å². The van der Waals surface area contributed by atoms with E-state index in [4.69, 9.17) is 69.0 Å². The number of para-hydroxylation sites is 4. The van der Waals surface area contributed by atoms with Crippen LogP contribution in [-0.2, 0) is 76.0 Å². The molecule has 1 aliphatic carbocycles. The van der Waals surface area contributed by atoms with E-state index in [-0.39, 0.29) is 126 Å². The van der Waals surface area contributed by atoms with Crippen LogP contribution in [0.1, 0.15) is 169 Å². The lowest BCUT2D eigenvalue weighted by Crippen LogP contribution is -2.41. The van der Waals surface area contributed by atoms with Gasteiger partial charge in [0.2, 0.25) is 5.24 Å². The number of aromatic nitrogens is 9. The van der Waals surface area contributed by atoms with Gasteiger partial charge >= 0.3 is 26.3 Å². The first kappa shape index (κ1) is 108. The van der Waals surface area contributed by atoms with Crippen LogP contribution in [0.5, 0.6) is 23.0 Å². The van der Waals surface area contributed by atoms with E-state index in [1.54, 1.807) is 96.5 Å². The molecular weight excluding hydrogens is 2020 g/mol. The monoisotopic (exact) mass is 2140 g/mol. The van der Waals surface area contributed by atoms with E-state index in [2.05, 4.69) is 120 Å². The summed E-state index contributed by atoms with van der Waals surface area (Å²) >= 11 is 11.6. The Morgan fingerprint density at radius 1 is 0.463 bits per heavy atom. The Kier molecular flexibility index (Phi) is 36.7. The number of fused-ring (bicyclic) bond motifs is 3.